The summed E-state index contributed by atoms with van der Waals surface area (Å²) < 4.78 is 7.89. The van der Waals surface area contributed by atoms with Gasteiger partial charge in [0.2, 0.25) is 0 Å². The minimum absolute atomic E-state index is 0.00797. The van der Waals surface area contributed by atoms with Gasteiger partial charge in [-0.25, -0.2) is 9.78 Å². The van der Waals surface area contributed by atoms with Crippen molar-refractivity contribution in [3.63, 3.8) is 0 Å². The summed E-state index contributed by atoms with van der Waals surface area (Å²) in [5.41, 5.74) is 3.57. The molecule has 0 bridgehead atoms. The molecule has 2 aromatic heterocycles. The van der Waals surface area contributed by atoms with Crippen LogP contribution in [0.15, 0.2) is 54.0 Å². The third kappa shape index (κ3) is 3.41. The zero-order valence-electron chi connectivity index (χ0n) is 14.3. The van der Waals surface area contributed by atoms with Gasteiger partial charge < -0.3 is 9.84 Å². The van der Waals surface area contributed by atoms with Gasteiger partial charge in [0.15, 0.2) is 10.7 Å². The Kier molecular flexibility index (Phi) is 4.59. The monoisotopic (exact) mass is 398 g/mol. The minimum Gasteiger partial charge on any atom is -0.488 e. The Labute approximate surface area is 164 Å². The van der Waals surface area contributed by atoms with E-state index in [0.29, 0.717) is 22.3 Å². The number of benzene rings is 2. The van der Waals surface area contributed by atoms with Gasteiger partial charge in [-0.3, -0.25) is 4.40 Å². The molecular weight excluding hydrogens is 384 g/mol. The number of aromatic carboxylic acids is 1. The van der Waals surface area contributed by atoms with Gasteiger partial charge >= 0.3 is 5.97 Å². The highest BCUT2D eigenvalue weighted by molar-refractivity contribution is 7.15. The molecule has 0 spiro atoms. The highest BCUT2D eigenvalue weighted by Gasteiger charge is 2.18. The number of halogens is 1. The number of carboxylic acids is 1. The lowest BCUT2D eigenvalue weighted by Gasteiger charge is -2.15. The number of fused-ring (bicyclic) bond motifs is 1. The van der Waals surface area contributed by atoms with E-state index in [0.717, 1.165) is 22.4 Å². The molecule has 27 heavy (non-hydrogen) atoms. The van der Waals surface area contributed by atoms with Crippen molar-refractivity contribution in [3.8, 4) is 17.0 Å². The van der Waals surface area contributed by atoms with E-state index < -0.39 is 5.97 Å². The fraction of sp³-hybridized carbons (Fsp3) is 0.100. The average Bonchev–Trinajstić information content (AvgIpc) is 3.22. The van der Waals surface area contributed by atoms with E-state index in [4.69, 9.17) is 16.3 Å². The molecule has 0 fully saturated rings. The van der Waals surface area contributed by atoms with E-state index in [-0.39, 0.29) is 5.69 Å². The number of aryl methyl sites for hydroxylation is 1. The van der Waals surface area contributed by atoms with Crippen molar-refractivity contribution in [1.29, 1.82) is 0 Å². The van der Waals surface area contributed by atoms with E-state index in [1.54, 1.807) is 4.40 Å². The van der Waals surface area contributed by atoms with Gasteiger partial charge in [-0.15, -0.1) is 11.3 Å². The number of nitrogens with zero attached hydrogens (tertiary/aromatic N) is 2. The van der Waals surface area contributed by atoms with E-state index >= 15 is 0 Å². The molecular formula is C20H15ClN2O3S. The number of carboxylic acid groups (broad SMARTS) is 1. The Morgan fingerprint density at radius 1 is 1.30 bits per heavy atom. The van der Waals surface area contributed by atoms with Crippen molar-refractivity contribution in [2.24, 2.45) is 0 Å². The maximum Gasteiger partial charge on any atom is 0.356 e. The van der Waals surface area contributed by atoms with Crippen molar-refractivity contribution in [2.75, 3.05) is 0 Å². The van der Waals surface area contributed by atoms with E-state index in [1.165, 1.54) is 17.5 Å². The summed E-state index contributed by atoms with van der Waals surface area (Å²) in [6, 6.07) is 13.6. The summed E-state index contributed by atoms with van der Waals surface area (Å²) in [5, 5.41) is 11.7. The molecule has 0 radical (unpaired) electrons. The Balaban J connectivity index is 1.79. The van der Waals surface area contributed by atoms with Gasteiger partial charge in [0, 0.05) is 22.2 Å². The zero-order valence-corrected chi connectivity index (χ0v) is 15.9. The van der Waals surface area contributed by atoms with Crippen LogP contribution in [0.5, 0.6) is 5.75 Å². The van der Waals surface area contributed by atoms with Crippen molar-refractivity contribution < 1.29 is 14.6 Å². The molecule has 4 rings (SSSR count). The number of ether oxygens (including phenoxy) is 1. The lowest BCUT2D eigenvalue weighted by atomic mass is 10.1. The molecule has 0 unspecified atom stereocenters. The summed E-state index contributed by atoms with van der Waals surface area (Å²) in [5.74, 6) is -0.340. The Morgan fingerprint density at radius 3 is 2.81 bits per heavy atom. The van der Waals surface area contributed by atoms with Crippen LogP contribution in [-0.4, -0.2) is 20.5 Å². The lowest BCUT2D eigenvalue weighted by molar-refractivity contribution is 0.0691. The third-order valence-corrected chi connectivity index (χ3v) is 5.23. The van der Waals surface area contributed by atoms with Crippen LogP contribution in [0.4, 0.5) is 0 Å². The highest BCUT2D eigenvalue weighted by atomic mass is 35.5. The van der Waals surface area contributed by atoms with Crippen LogP contribution in [0, 0.1) is 6.92 Å². The molecule has 136 valence electrons. The second-order valence-corrected chi connectivity index (χ2v) is 7.35. The molecule has 5 nitrogen and oxygen atoms in total. The normalized spacial score (nSPS) is 11.0. The SMILES string of the molecule is Cc1cc(Cl)cc(-c2csc3nc(C(=O)O)cn23)c1OCc1ccccc1. The number of aromatic nitrogens is 2. The number of hydrogen-bond donors (Lipinski definition) is 1. The van der Waals surface area contributed by atoms with Crippen molar-refractivity contribution in [3.05, 3.63) is 75.9 Å². The van der Waals surface area contributed by atoms with Crippen LogP contribution in [0.3, 0.4) is 0 Å². The lowest BCUT2D eigenvalue weighted by Crippen LogP contribution is -2.00. The molecule has 0 atom stereocenters. The standard InChI is InChI=1S/C20H15ClN2O3S/c1-12-7-14(21)8-15(18(12)26-10-13-5-3-2-4-6-13)17-11-27-20-22-16(19(24)25)9-23(17)20/h2-9,11H,10H2,1H3,(H,24,25). The van der Waals surface area contributed by atoms with Crippen molar-refractivity contribution >= 4 is 33.9 Å². The van der Waals surface area contributed by atoms with Crippen LogP contribution >= 0.6 is 22.9 Å². The molecule has 2 aromatic carbocycles. The largest absolute Gasteiger partial charge is 0.488 e. The quantitative estimate of drug-likeness (QED) is 0.495. The molecule has 0 aliphatic heterocycles. The summed E-state index contributed by atoms with van der Waals surface area (Å²) in [6.07, 6.45) is 1.51. The summed E-state index contributed by atoms with van der Waals surface area (Å²) >= 11 is 7.66. The first-order valence-electron chi connectivity index (χ1n) is 8.20. The summed E-state index contributed by atoms with van der Waals surface area (Å²) in [6.45, 7) is 2.36. The molecule has 2 heterocycles. The van der Waals surface area contributed by atoms with Crippen molar-refractivity contribution in [2.45, 2.75) is 13.5 Å². The third-order valence-electron chi connectivity index (χ3n) is 4.17. The van der Waals surface area contributed by atoms with Gasteiger partial charge in [-0.1, -0.05) is 41.9 Å². The molecule has 0 saturated heterocycles. The molecule has 1 N–H and O–H groups in total. The molecule has 0 aliphatic rings. The molecule has 0 amide bonds. The number of imidazole rings is 1. The van der Waals surface area contributed by atoms with Crippen LogP contribution in [0.1, 0.15) is 21.6 Å². The fourth-order valence-electron chi connectivity index (χ4n) is 2.92. The Morgan fingerprint density at radius 2 is 2.07 bits per heavy atom. The molecule has 7 heteroatoms. The predicted octanol–water partition coefficient (Wildman–Crippen LogP) is 5.30. The maximum atomic E-state index is 11.2. The average molecular weight is 399 g/mol. The van der Waals surface area contributed by atoms with Gasteiger partial charge in [0.25, 0.3) is 0 Å². The fourth-order valence-corrected chi connectivity index (χ4v) is 4.07. The highest BCUT2D eigenvalue weighted by Crippen LogP contribution is 2.38. The first kappa shape index (κ1) is 17.6. The smallest absolute Gasteiger partial charge is 0.356 e. The number of thiazole rings is 1. The zero-order chi connectivity index (χ0) is 19.0. The van der Waals surface area contributed by atoms with Gasteiger partial charge in [0.1, 0.15) is 12.4 Å². The minimum atomic E-state index is -1.06. The second kappa shape index (κ2) is 7.06. The van der Waals surface area contributed by atoms with E-state index in [9.17, 15) is 9.90 Å². The second-order valence-electron chi connectivity index (χ2n) is 6.08. The van der Waals surface area contributed by atoms with Gasteiger partial charge in [-0.2, -0.15) is 0 Å². The number of hydrogen-bond acceptors (Lipinski definition) is 4. The van der Waals surface area contributed by atoms with Crippen LogP contribution in [-0.2, 0) is 6.61 Å². The van der Waals surface area contributed by atoms with Gasteiger partial charge in [-0.05, 0) is 30.2 Å². The topological polar surface area (TPSA) is 63.8 Å². The van der Waals surface area contributed by atoms with Crippen LogP contribution < -0.4 is 4.74 Å². The van der Waals surface area contributed by atoms with Crippen LogP contribution in [0.2, 0.25) is 5.02 Å². The Hall–Kier alpha value is -2.83. The van der Waals surface area contributed by atoms with Gasteiger partial charge in [0.05, 0.1) is 5.69 Å². The molecule has 0 aliphatic carbocycles. The number of carbonyl (C=O) groups is 1. The first-order valence-corrected chi connectivity index (χ1v) is 9.46. The molecule has 0 saturated carbocycles. The number of rotatable bonds is 5. The first-order chi connectivity index (χ1) is 13.0. The van der Waals surface area contributed by atoms with E-state index in [1.807, 2.05) is 54.8 Å². The van der Waals surface area contributed by atoms with Crippen LogP contribution in [0.25, 0.3) is 16.2 Å². The van der Waals surface area contributed by atoms with E-state index in [2.05, 4.69) is 4.98 Å². The maximum absolute atomic E-state index is 11.2. The summed E-state index contributed by atoms with van der Waals surface area (Å²) in [4.78, 5) is 16.0. The molecule has 4 aromatic rings. The van der Waals surface area contributed by atoms with Crippen molar-refractivity contribution in [1.82, 2.24) is 9.38 Å². The summed E-state index contributed by atoms with van der Waals surface area (Å²) in [7, 11) is 0. The Bertz CT molecular complexity index is 1140. The predicted molar refractivity (Wildman–Crippen MR) is 106 cm³/mol.